The molecule has 2 nitrogen and oxygen atoms in total. The number of aromatic nitrogens is 1. The van der Waals surface area contributed by atoms with Crippen molar-refractivity contribution in [2.24, 2.45) is 0 Å². The molecule has 0 fully saturated rings. The molecule has 0 radical (unpaired) electrons. The minimum absolute atomic E-state index is 0.979. The molecule has 0 aliphatic heterocycles. The zero-order chi connectivity index (χ0) is 11.4. The number of hydrogen-bond acceptors (Lipinski definition) is 2. The number of benzene rings is 1. The van der Waals surface area contributed by atoms with Crippen molar-refractivity contribution in [1.29, 1.82) is 0 Å². The maximum atomic E-state index is 4.74. The molecule has 0 amide bonds. The van der Waals surface area contributed by atoms with E-state index in [2.05, 4.69) is 42.6 Å². The summed E-state index contributed by atoms with van der Waals surface area (Å²) in [7, 11) is 1.97. The summed E-state index contributed by atoms with van der Waals surface area (Å²) in [6.45, 7) is 3.16. The van der Waals surface area contributed by atoms with Crippen molar-refractivity contribution in [3.05, 3.63) is 41.6 Å². The van der Waals surface area contributed by atoms with E-state index in [0.29, 0.717) is 0 Å². The van der Waals surface area contributed by atoms with Crippen LogP contribution in [0.1, 0.15) is 18.2 Å². The Bertz CT molecular complexity index is 477. The summed E-state index contributed by atoms with van der Waals surface area (Å²) in [5, 5.41) is 4.40. The number of aryl methyl sites for hydroxylation is 1. The van der Waals surface area contributed by atoms with E-state index in [9.17, 15) is 0 Å². The molecule has 0 aliphatic rings. The van der Waals surface area contributed by atoms with E-state index in [1.54, 1.807) is 0 Å². The molecule has 0 bridgehead atoms. The summed E-state index contributed by atoms with van der Waals surface area (Å²) in [4.78, 5) is 4.74. The van der Waals surface area contributed by atoms with Crippen molar-refractivity contribution >= 4 is 10.9 Å². The van der Waals surface area contributed by atoms with Crippen LogP contribution in [0.5, 0.6) is 0 Å². The van der Waals surface area contributed by atoms with Gasteiger partial charge in [0.2, 0.25) is 0 Å². The third-order valence-electron chi connectivity index (χ3n) is 2.87. The summed E-state index contributed by atoms with van der Waals surface area (Å²) in [6, 6.07) is 10.7. The molecular formula is C14H18N2. The summed E-state index contributed by atoms with van der Waals surface area (Å²) in [6.07, 6.45) is 2.03. The first-order valence-electron chi connectivity index (χ1n) is 5.87. The van der Waals surface area contributed by atoms with Gasteiger partial charge in [0.15, 0.2) is 0 Å². The molecule has 0 saturated carbocycles. The van der Waals surface area contributed by atoms with Crippen LogP contribution in [0.4, 0.5) is 0 Å². The zero-order valence-corrected chi connectivity index (χ0v) is 9.96. The fourth-order valence-corrected chi connectivity index (χ4v) is 1.93. The number of nitrogens with one attached hydrogen (secondary N) is 1. The Labute approximate surface area is 96.7 Å². The molecule has 84 valence electrons. The molecular weight excluding hydrogens is 196 g/mol. The van der Waals surface area contributed by atoms with Gasteiger partial charge in [0.05, 0.1) is 5.52 Å². The second-order valence-corrected chi connectivity index (χ2v) is 4.00. The lowest BCUT2D eigenvalue weighted by Crippen LogP contribution is -2.11. The quantitative estimate of drug-likeness (QED) is 0.846. The van der Waals surface area contributed by atoms with Crippen molar-refractivity contribution in [1.82, 2.24) is 10.3 Å². The number of pyridine rings is 1. The highest BCUT2D eigenvalue weighted by molar-refractivity contribution is 5.81. The standard InChI is InChI=1S/C14H18N2/c1-3-11-5-4-6-12-7-8-13(9-10-15-2)16-14(11)12/h4-8,15H,3,9-10H2,1-2H3. The predicted molar refractivity (Wildman–Crippen MR) is 68.8 cm³/mol. The third kappa shape index (κ3) is 2.22. The van der Waals surface area contributed by atoms with E-state index in [1.807, 2.05) is 7.05 Å². The van der Waals surface area contributed by atoms with Crippen molar-refractivity contribution in [2.45, 2.75) is 19.8 Å². The zero-order valence-electron chi connectivity index (χ0n) is 9.96. The second kappa shape index (κ2) is 5.08. The Kier molecular flexibility index (Phi) is 3.52. The average molecular weight is 214 g/mol. The van der Waals surface area contributed by atoms with Crippen LogP contribution < -0.4 is 5.32 Å². The van der Waals surface area contributed by atoms with Crippen molar-refractivity contribution in [3.8, 4) is 0 Å². The molecule has 2 heteroatoms. The summed E-state index contributed by atoms with van der Waals surface area (Å²) in [5.74, 6) is 0. The Morgan fingerprint density at radius 3 is 2.81 bits per heavy atom. The van der Waals surface area contributed by atoms with Crippen LogP contribution >= 0.6 is 0 Å². The van der Waals surface area contributed by atoms with Crippen molar-refractivity contribution < 1.29 is 0 Å². The van der Waals surface area contributed by atoms with Gasteiger partial charge in [-0.25, -0.2) is 0 Å². The lowest BCUT2D eigenvalue weighted by molar-refractivity contribution is 0.779. The van der Waals surface area contributed by atoms with Crippen LogP contribution in [-0.2, 0) is 12.8 Å². The van der Waals surface area contributed by atoms with Crippen molar-refractivity contribution in [3.63, 3.8) is 0 Å². The molecule has 1 heterocycles. The summed E-state index contributed by atoms with van der Waals surface area (Å²) >= 11 is 0. The fraction of sp³-hybridized carbons (Fsp3) is 0.357. The van der Waals surface area contributed by atoms with Gasteiger partial charge in [0.1, 0.15) is 0 Å². The van der Waals surface area contributed by atoms with Gasteiger partial charge >= 0.3 is 0 Å². The van der Waals surface area contributed by atoms with Crippen molar-refractivity contribution in [2.75, 3.05) is 13.6 Å². The van der Waals surface area contributed by atoms with Gasteiger partial charge < -0.3 is 5.32 Å². The Morgan fingerprint density at radius 2 is 2.06 bits per heavy atom. The molecule has 0 unspecified atom stereocenters. The van der Waals surface area contributed by atoms with Crippen LogP contribution in [0.15, 0.2) is 30.3 Å². The van der Waals surface area contributed by atoms with Crippen LogP contribution in [0.25, 0.3) is 10.9 Å². The number of rotatable bonds is 4. The Balaban J connectivity index is 2.42. The first-order chi connectivity index (χ1) is 7.85. The molecule has 0 atom stereocenters. The summed E-state index contributed by atoms with van der Waals surface area (Å²) in [5.41, 5.74) is 3.67. The first-order valence-corrected chi connectivity index (χ1v) is 5.87. The minimum Gasteiger partial charge on any atom is -0.319 e. The average Bonchev–Trinajstić information content (AvgIpc) is 2.35. The Hall–Kier alpha value is -1.41. The van der Waals surface area contributed by atoms with Gasteiger partial charge in [0, 0.05) is 24.0 Å². The SMILES string of the molecule is CCc1cccc2ccc(CCNC)nc12. The Morgan fingerprint density at radius 1 is 1.19 bits per heavy atom. The first kappa shape index (κ1) is 11.1. The second-order valence-electron chi connectivity index (χ2n) is 4.00. The lowest BCUT2D eigenvalue weighted by Gasteiger charge is -2.06. The molecule has 0 aliphatic carbocycles. The van der Waals surface area contributed by atoms with Gasteiger partial charge in [-0.05, 0) is 25.1 Å². The predicted octanol–water partition coefficient (Wildman–Crippen LogP) is 2.56. The molecule has 1 aromatic carbocycles. The number of likely N-dealkylation sites (N-methyl/N-ethyl adjacent to an activating group) is 1. The third-order valence-corrected chi connectivity index (χ3v) is 2.87. The maximum absolute atomic E-state index is 4.74. The van der Waals surface area contributed by atoms with Crippen LogP contribution in [-0.4, -0.2) is 18.6 Å². The van der Waals surface area contributed by atoms with Crippen LogP contribution in [0.3, 0.4) is 0 Å². The fourth-order valence-electron chi connectivity index (χ4n) is 1.93. The number of para-hydroxylation sites is 1. The molecule has 16 heavy (non-hydrogen) atoms. The van der Waals surface area contributed by atoms with E-state index < -0.39 is 0 Å². The van der Waals surface area contributed by atoms with Crippen LogP contribution in [0, 0.1) is 0 Å². The van der Waals surface area contributed by atoms with Gasteiger partial charge in [-0.15, -0.1) is 0 Å². The van der Waals surface area contributed by atoms with E-state index in [-0.39, 0.29) is 0 Å². The topological polar surface area (TPSA) is 24.9 Å². The molecule has 0 saturated heterocycles. The van der Waals surface area contributed by atoms with Gasteiger partial charge in [-0.3, -0.25) is 4.98 Å². The largest absolute Gasteiger partial charge is 0.319 e. The normalized spacial score (nSPS) is 10.9. The number of hydrogen-bond donors (Lipinski definition) is 1. The molecule has 0 spiro atoms. The van der Waals surface area contributed by atoms with E-state index in [0.717, 1.165) is 19.4 Å². The van der Waals surface area contributed by atoms with Gasteiger partial charge in [-0.2, -0.15) is 0 Å². The minimum atomic E-state index is 0.979. The number of nitrogens with zero attached hydrogens (tertiary/aromatic N) is 1. The summed E-state index contributed by atoms with van der Waals surface area (Å²) < 4.78 is 0. The van der Waals surface area contributed by atoms with E-state index >= 15 is 0 Å². The smallest absolute Gasteiger partial charge is 0.0737 e. The van der Waals surface area contributed by atoms with Gasteiger partial charge in [-0.1, -0.05) is 31.2 Å². The highest BCUT2D eigenvalue weighted by Gasteiger charge is 2.02. The van der Waals surface area contributed by atoms with Crippen LogP contribution in [0.2, 0.25) is 0 Å². The molecule has 1 aromatic heterocycles. The van der Waals surface area contributed by atoms with E-state index in [1.165, 1.54) is 22.2 Å². The molecule has 1 N–H and O–H groups in total. The monoisotopic (exact) mass is 214 g/mol. The van der Waals surface area contributed by atoms with Gasteiger partial charge in [0.25, 0.3) is 0 Å². The molecule has 2 rings (SSSR count). The number of fused-ring (bicyclic) bond motifs is 1. The highest BCUT2D eigenvalue weighted by Crippen LogP contribution is 2.17. The maximum Gasteiger partial charge on any atom is 0.0737 e. The highest BCUT2D eigenvalue weighted by atomic mass is 14.8. The van der Waals surface area contributed by atoms with E-state index in [4.69, 9.17) is 4.98 Å². The molecule has 2 aromatic rings. The lowest BCUT2D eigenvalue weighted by atomic mass is 10.1.